The number of para-hydroxylation sites is 1. The van der Waals surface area contributed by atoms with Gasteiger partial charge in [-0.15, -0.1) is 0 Å². The van der Waals surface area contributed by atoms with Crippen molar-refractivity contribution >= 4 is 16.9 Å². The third-order valence-corrected chi connectivity index (χ3v) is 3.69. The van der Waals surface area contributed by atoms with Gasteiger partial charge in [0.05, 0.1) is 17.3 Å². The van der Waals surface area contributed by atoms with Crippen molar-refractivity contribution in [3.05, 3.63) is 58.0 Å². The molecule has 0 unspecified atom stereocenters. The molecule has 0 bridgehead atoms. The smallest absolute Gasteiger partial charge is 0.306 e. The lowest BCUT2D eigenvalue weighted by Gasteiger charge is -2.09. The maximum absolute atomic E-state index is 12.3. The molecular formula is C17H17N3O4. The van der Waals surface area contributed by atoms with Crippen LogP contribution in [0.15, 0.2) is 39.6 Å². The number of carbonyl (C=O) groups is 1. The topological polar surface area (TPSA) is 87.2 Å². The molecule has 7 heteroatoms. The van der Waals surface area contributed by atoms with Crippen molar-refractivity contribution in [1.29, 1.82) is 0 Å². The molecule has 0 atom stereocenters. The van der Waals surface area contributed by atoms with E-state index in [2.05, 4.69) is 10.1 Å². The highest BCUT2D eigenvalue weighted by Crippen LogP contribution is 2.09. The second-order valence-corrected chi connectivity index (χ2v) is 5.50. The summed E-state index contributed by atoms with van der Waals surface area (Å²) in [6, 6.07) is 8.86. The van der Waals surface area contributed by atoms with Crippen LogP contribution in [0.4, 0.5) is 0 Å². The van der Waals surface area contributed by atoms with Crippen LogP contribution in [0.2, 0.25) is 0 Å². The Balaban J connectivity index is 1.66. The van der Waals surface area contributed by atoms with Crippen LogP contribution in [-0.4, -0.2) is 20.7 Å². The summed E-state index contributed by atoms with van der Waals surface area (Å²) in [6.45, 7) is 1.84. The van der Waals surface area contributed by atoms with E-state index < -0.39 is 0 Å². The van der Waals surface area contributed by atoms with Gasteiger partial charge in [0.25, 0.3) is 5.56 Å². The van der Waals surface area contributed by atoms with E-state index in [0.29, 0.717) is 34.6 Å². The summed E-state index contributed by atoms with van der Waals surface area (Å²) >= 11 is 0. The van der Waals surface area contributed by atoms with E-state index in [-0.39, 0.29) is 24.6 Å². The molecule has 0 aliphatic carbocycles. The highest BCUT2D eigenvalue weighted by atomic mass is 16.5. The quantitative estimate of drug-likeness (QED) is 0.665. The van der Waals surface area contributed by atoms with E-state index in [0.717, 1.165) is 0 Å². The molecule has 124 valence electrons. The number of rotatable bonds is 5. The SMILES string of the molecule is Cc1cc(COC(=O)CCc2nc3ccccc3c(=O)n2C)no1. The van der Waals surface area contributed by atoms with Crippen LogP contribution in [0, 0.1) is 6.92 Å². The van der Waals surface area contributed by atoms with Crippen molar-refractivity contribution in [2.75, 3.05) is 0 Å². The molecular weight excluding hydrogens is 310 g/mol. The van der Waals surface area contributed by atoms with Gasteiger partial charge in [0.2, 0.25) is 0 Å². The van der Waals surface area contributed by atoms with Crippen molar-refractivity contribution in [3.63, 3.8) is 0 Å². The van der Waals surface area contributed by atoms with Gasteiger partial charge in [-0.05, 0) is 19.1 Å². The van der Waals surface area contributed by atoms with Gasteiger partial charge < -0.3 is 9.26 Å². The number of aromatic nitrogens is 3. The van der Waals surface area contributed by atoms with Crippen LogP contribution in [0.3, 0.4) is 0 Å². The minimum atomic E-state index is -0.377. The molecule has 0 saturated heterocycles. The molecule has 1 aromatic carbocycles. The molecule has 0 saturated carbocycles. The molecule has 0 N–H and O–H groups in total. The predicted octanol–water partition coefficient (Wildman–Crippen LogP) is 1.91. The van der Waals surface area contributed by atoms with Gasteiger partial charge in [-0.2, -0.15) is 0 Å². The zero-order valence-corrected chi connectivity index (χ0v) is 13.5. The standard InChI is InChI=1S/C17H17N3O4/c1-11-9-12(19-24-11)10-23-16(21)8-7-15-18-14-6-4-3-5-13(14)17(22)20(15)2/h3-6,9H,7-8,10H2,1-2H3. The van der Waals surface area contributed by atoms with E-state index >= 15 is 0 Å². The van der Waals surface area contributed by atoms with Crippen LogP contribution >= 0.6 is 0 Å². The van der Waals surface area contributed by atoms with Crippen LogP contribution in [0.1, 0.15) is 23.7 Å². The maximum atomic E-state index is 12.3. The highest BCUT2D eigenvalue weighted by Gasteiger charge is 2.11. The van der Waals surface area contributed by atoms with Gasteiger partial charge in [0.1, 0.15) is 23.9 Å². The predicted molar refractivity (Wildman–Crippen MR) is 86.3 cm³/mol. The monoisotopic (exact) mass is 327 g/mol. The largest absolute Gasteiger partial charge is 0.459 e. The van der Waals surface area contributed by atoms with Crippen LogP contribution in [0.5, 0.6) is 0 Å². The number of carbonyl (C=O) groups excluding carboxylic acids is 1. The summed E-state index contributed by atoms with van der Waals surface area (Å²) in [4.78, 5) is 28.6. The van der Waals surface area contributed by atoms with Gasteiger partial charge in [-0.25, -0.2) is 4.98 Å². The van der Waals surface area contributed by atoms with E-state index in [1.54, 1.807) is 38.2 Å². The Hall–Kier alpha value is -2.96. The van der Waals surface area contributed by atoms with Crippen LogP contribution < -0.4 is 5.56 Å². The fraction of sp³-hybridized carbons (Fsp3) is 0.294. The number of esters is 1. The first-order valence-corrected chi connectivity index (χ1v) is 7.57. The number of hydrogen-bond donors (Lipinski definition) is 0. The first-order valence-electron chi connectivity index (χ1n) is 7.57. The summed E-state index contributed by atoms with van der Waals surface area (Å²) in [7, 11) is 1.65. The zero-order valence-electron chi connectivity index (χ0n) is 13.5. The van der Waals surface area contributed by atoms with Gasteiger partial charge in [0.15, 0.2) is 0 Å². The van der Waals surface area contributed by atoms with Gasteiger partial charge in [-0.1, -0.05) is 17.3 Å². The normalized spacial score (nSPS) is 10.9. The Bertz CT molecular complexity index is 942. The fourth-order valence-electron chi connectivity index (χ4n) is 2.41. The first kappa shape index (κ1) is 15.9. The average molecular weight is 327 g/mol. The summed E-state index contributed by atoms with van der Waals surface area (Å²) in [5.74, 6) is 0.836. The molecule has 3 aromatic rings. The van der Waals surface area contributed by atoms with Gasteiger partial charge >= 0.3 is 5.97 Å². The number of ether oxygens (including phenoxy) is 1. The van der Waals surface area contributed by atoms with E-state index in [4.69, 9.17) is 9.26 Å². The summed E-state index contributed by atoms with van der Waals surface area (Å²) in [5, 5.41) is 4.32. The Kier molecular flexibility index (Phi) is 4.41. The number of benzene rings is 1. The first-order chi connectivity index (χ1) is 11.5. The molecule has 3 rings (SSSR count). The molecule has 0 aliphatic heterocycles. The third kappa shape index (κ3) is 3.34. The van der Waals surface area contributed by atoms with Crippen molar-refractivity contribution in [2.45, 2.75) is 26.4 Å². The number of aryl methyl sites for hydroxylation is 2. The lowest BCUT2D eigenvalue weighted by molar-refractivity contribution is -0.145. The van der Waals surface area contributed by atoms with Crippen molar-refractivity contribution in [1.82, 2.24) is 14.7 Å². The molecule has 0 amide bonds. The lowest BCUT2D eigenvalue weighted by Crippen LogP contribution is -2.23. The molecule has 0 fully saturated rings. The summed E-state index contributed by atoms with van der Waals surface area (Å²) in [6.07, 6.45) is 0.461. The van der Waals surface area contributed by atoms with Gasteiger partial charge in [-0.3, -0.25) is 14.2 Å². The Labute approximate surface area is 137 Å². The minimum absolute atomic E-state index is 0.0697. The van der Waals surface area contributed by atoms with Crippen molar-refractivity contribution in [2.24, 2.45) is 7.05 Å². The van der Waals surface area contributed by atoms with E-state index in [1.807, 2.05) is 6.07 Å². The molecule has 0 radical (unpaired) electrons. The Morgan fingerprint density at radius 3 is 2.88 bits per heavy atom. The van der Waals surface area contributed by atoms with E-state index in [1.165, 1.54) is 4.57 Å². The minimum Gasteiger partial charge on any atom is -0.459 e. The highest BCUT2D eigenvalue weighted by molar-refractivity contribution is 5.77. The average Bonchev–Trinajstić information content (AvgIpc) is 3.00. The number of nitrogens with zero attached hydrogens (tertiary/aromatic N) is 3. The summed E-state index contributed by atoms with van der Waals surface area (Å²) < 4.78 is 11.5. The molecule has 7 nitrogen and oxygen atoms in total. The van der Waals surface area contributed by atoms with Crippen LogP contribution in [0.25, 0.3) is 10.9 Å². The van der Waals surface area contributed by atoms with Gasteiger partial charge in [0, 0.05) is 19.5 Å². The number of fused-ring (bicyclic) bond motifs is 1. The summed E-state index contributed by atoms with van der Waals surface area (Å²) in [5.41, 5.74) is 1.07. The number of hydrogen-bond acceptors (Lipinski definition) is 6. The molecule has 2 aromatic heterocycles. The molecule has 2 heterocycles. The van der Waals surface area contributed by atoms with Crippen molar-refractivity contribution < 1.29 is 14.1 Å². The molecule has 24 heavy (non-hydrogen) atoms. The Morgan fingerprint density at radius 1 is 1.33 bits per heavy atom. The Morgan fingerprint density at radius 2 is 2.12 bits per heavy atom. The second kappa shape index (κ2) is 6.66. The zero-order chi connectivity index (χ0) is 17.1. The molecule has 0 aliphatic rings. The maximum Gasteiger partial charge on any atom is 0.306 e. The van der Waals surface area contributed by atoms with Crippen molar-refractivity contribution in [3.8, 4) is 0 Å². The molecule has 0 spiro atoms. The second-order valence-electron chi connectivity index (χ2n) is 5.50. The van der Waals surface area contributed by atoms with Crippen LogP contribution in [-0.2, 0) is 29.6 Å². The fourth-order valence-corrected chi connectivity index (χ4v) is 2.41. The lowest BCUT2D eigenvalue weighted by atomic mass is 10.2. The third-order valence-electron chi connectivity index (χ3n) is 3.69. The van der Waals surface area contributed by atoms with E-state index in [9.17, 15) is 9.59 Å².